The van der Waals surface area contributed by atoms with Gasteiger partial charge in [-0.15, -0.1) is 0 Å². The standard InChI is InChI=1S/C14H24BrN3O/c1-6-16-14-12(15)11(7-9(2)3)17-13(18-14)10(4)8-19-5/h9-10H,6-8H2,1-5H3,(H,16,17,18). The highest BCUT2D eigenvalue weighted by atomic mass is 79.9. The van der Waals surface area contributed by atoms with Crippen molar-refractivity contribution in [2.24, 2.45) is 5.92 Å². The third-order valence-corrected chi connectivity index (χ3v) is 3.57. The Balaban J connectivity index is 3.14. The fourth-order valence-electron chi connectivity index (χ4n) is 1.86. The van der Waals surface area contributed by atoms with Crippen LogP contribution in [0.1, 0.15) is 45.1 Å². The van der Waals surface area contributed by atoms with Crippen LogP contribution >= 0.6 is 15.9 Å². The van der Waals surface area contributed by atoms with Crippen molar-refractivity contribution in [3.63, 3.8) is 0 Å². The zero-order valence-corrected chi connectivity index (χ0v) is 14.0. The van der Waals surface area contributed by atoms with Gasteiger partial charge in [0.25, 0.3) is 0 Å². The zero-order valence-electron chi connectivity index (χ0n) is 12.5. The van der Waals surface area contributed by atoms with Crippen molar-refractivity contribution < 1.29 is 4.74 Å². The van der Waals surface area contributed by atoms with E-state index in [2.05, 4.69) is 53.9 Å². The molecule has 19 heavy (non-hydrogen) atoms. The summed E-state index contributed by atoms with van der Waals surface area (Å²) in [5, 5.41) is 3.29. The van der Waals surface area contributed by atoms with Gasteiger partial charge in [-0.1, -0.05) is 20.8 Å². The maximum Gasteiger partial charge on any atom is 0.144 e. The third kappa shape index (κ3) is 4.73. The van der Waals surface area contributed by atoms with Crippen molar-refractivity contribution in [1.82, 2.24) is 9.97 Å². The Bertz CT molecular complexity index is 410. The summed E-state index contributed by atoms with van der Waals surface area (Å²) < 4.78 is 6.18. The molecule has 1 atom stereocenters. The van der Waals surface area contributed by atoms with E-state index >= 15 is 0 Å². The van der Waals surface area contributed by atoms with Crippen LogP contribution in [0.25, 0.3) is 0 Å². The van der Waals surface area contributed by atoms with E-state index in [1.54, 1.807) is 7.11 Å². The second-order valence-corrected chi connectivity index (χ2v) is 5.97. The van der Waals surface area contributed by atoms with E-state index in [0.717, 1.165) is 34.8 Å². The molecule has 1 aromatic heterocycles. The van der Waals surface area contributed by atoms with Gasteiger partial charge in [0.2, 0.25) is 0 Å². The lowest BCUT2D eigenvalue weighted by Gasteiger charge is -2.16. The topological polar surface area (TPSA) is 47.0 Å². The van der Waals surface area contributed by atoms with Crippen molar-refractivity contribution in [3.05, 3.63) is 16.0 Å². The Hall–Kier alpha value is -0.680. The molecule has 0 aliphatic carbocycles. The van der Waals surface area contributed by atoms with E-state index in [4.69, 9.17) is 9.72 Å². The Morgan fingerprint density at radius 3 is 2.47 bits per heavy atom. The highest BCUT2D eigenvalue weighted by molar-refractivity contribution is 9.10. The average molecular weight is 330 g/mol. The minimum Gasteiger partial charge on any atom is -0.384 e. The quantitative estimate of drug-likeness (QED) is 0.829. The lowest BCUT2D eigenvalue weighted by Crippen LogP contribution is -2.13. The first-order chi connectivity index (χ1) is 8.99. The zero-order chi connectivity index (χ0) is 14.4. The first kappa shape index (κ1) is 16.4. The molecular formula is C14H24BrN3O. The van der Waals surface area contributed by atoms with Gasteiger partial charge in [0.05, 0.1) is 16.8 Å². The molecule has 0 aliphatic heterocycles. The van der Waals surface area contributed by atoms with Crippen LogP contribution in [0.2, 0.25) is 0 Å². The summed E-state index contributed by atoms with van der Waals surface area (Å²) >= 11 is 3.61. The summed E-state index contributed by atoms with van der Waals surface area (Å²) in [7, 11) is 1.70. The Morgan fingerprint density at radius 2 is 1.95 bits per heavy atom. The van der Waals surface area contributed by atoms with E-state index in [-0.39, 0.29) is 5.92 Å². The van der Waals surface area contributed by atoms with Crippen molar-refractivity contribution in [3.8, 4) is 0 Å². The van der Waals surface area contributed by atoms with Gasteiger partial charge in [-0.2, -0.15) is 0 Å². The lowest BCUT2D eigenvalue weighted by atomic mass is 10.1. The molecule has 1 N–H and O–H groups in total. The highest BCUT2D eigenvalue weighted by Gasteiger charge is 2.16. The Labute approximate surface area is 124 Å². The number of methoxy groups -OCH3 is 1. The molecule has 1 heterocycles. The SMILES string of the molecule is CCNc1nc(C(C)COC)nc(CC(C)C)c1Br. The molecule has 5 heteroatoms. The molecule has 0 saturated heterocycles. The molecule has 1 unspecified atom stereocenters. The number of hydrogen-bond acceptors (Lipinski definition) is 4. The van der Waals surface area contributed by atoms with Crippen molar-refractivity contribution in [2.45, 2.75) is 40.0 Å². The smallest absolute Gasteiger partial charge is 0.144 e. The third-order valence-electron chi connectivity index (χ3n) is 2.74. The number of aromatic nitrogens is 2. The van der Waals surface area contributed by atoms with Crippen LogP contribution in [-0.4, -0.2) is 30.2 Å². The minimum absolute atomic E-state index is 0.196. The molecule has 0 spiro atoms. The maximum absolute atomic E-state index is 5.20. The summed E-state index contributed by atoms with van der Waals surface area (Å²) in [5.41, 5.74) is 1.07. The second-order valence-electron chi connectivity index (χ2n) is 5.18. The van der Waals surface area contributed by atoms with E-state index < -0.39 is 0 Å². The Kier molecular flexibility index (Phi) is 6.72. The monoisotopic (exact) mass is 329 g/mol. The highest BCUT2D eigenvalue weighted by Crippen LogP contribution is 2.27. The first-order valence-electron chi connectivity index (χ1n) is 6.78. The molecule has 0 amide bonds. The molecule has 1 rings (SSSR count). The lowest BCUT2D eigenvalue weighted by molar-refractivity contribution is 0.181. The van der Waals surface area contributed by atoms with Crippen LogP contribution in [-0.2, 0) is 11.2 Å². The average Bonchev–Trinajstić information content (AvgIpc) is 2.34. The molecule has 0 radical (unpaired) electrons. The van der Waals surface area contributed by atoms with Gasteiger partial charge in [-0.3, -0.25) is 0 Å². The van der Waals surface area contributed by atoms with Crippen LogP contribution < -0.4 is 5.32 Å². The maximum atomic E-state index is 5.20. The van der Waals surface area contributed by atoms with Crippen LogP contribution in [0, 0.1) is 5.92 Å². The van der Waals surface area contributed by atoms with Gasteiger partial charge >= 0.3 is 0 Å². The fraction of sp³-hybridized carbons (Fsp3) is 0.714. The van der Waals surface area contributed by atoms with Crippen LogP contribution in [0.3, 0.4) is 0 Å². The van der Waals surface area contributed by atoms with E-state index in [1.807, 2.05) is 0 Å². The summed E-state index contributed by atoms with van der Waals surface area (Å²) in [6, 6.07) is 0. The molecule has 1 aromatic rings. The summed E-state index contributed by atoms with van der Waals surface area (Å²) in [4.78, 5) is 9.30. The van der Waals surface area contributed by atoms with Crippen molar-refractivity contribution in [2.75, 3.05) is 25.6 Å². The number of ether oxygens (including phenoxy) is 1. The Morgan fingerprint density at radius 1 is 1.26 bits per heavy atom. The number of nitrogens with zero attached hydrogens (tertiary/aromatic N) is 2. The second kappa shape index (κ2) is 7.80. The number of halogens is 1. The van der Waals surface area contributed by atoms with Gasteiger partial charge in [-0.25, -0.2) is 9.97 Å². The van der Waals surface area contributed by atoms with Gasteiger partial charge in [-0.05, 0) is 35.2 Å². The van der Waals surface area contributed by atoms with Gasteiger partial charge in [0.15, 0.2) is 0 Å². The predicted octanol–water partition coefficient (Wildman–Crippen LogP) is 3.62. The van der Waals surface area contributed by atoms with Crippen LogP contribution in [0.4, 0.5) is 5.82 Å². The molecule has 0 saturated carbocycles. The normalized spacial score (nSPS) is 12.8. The van der Waals surface area contributed by atoms with Crippen LogP contribution in [0.15, 0.2) is 4.47 Å². The minimum atomic E-state index is 0.196. The summed E-state index contributed by atoms with van der Waals surface area (Å²) in [5.74, 6) is 2.48. The molecule has 0 bridgehead atoms. The molecule has 0 aromatic carbocycles. The number of anilines is 1. The van der Waals surface area contributed by atoms with Gasteiger partial charge in [0, 0.05) is 19.6 Å². The van der Waals surface area contributed by atoms with Crippen LogP contribution in [0.5, 0.6) is 0 Å². The molecule has 0 aliphatic rings. The van der Waals surface area contributed by atoms with Crippen molar-refractivity contribution >= 4 is 21.7 Å². The van der Waals surface area contributed by atoms with E-state index in [1.165, 1.54) is 0 Å². The molecule has 108 valence electrons. The number of nitrogens with one attached hydrogen (secondary N) is 1. The van der Waals surface area contributed by atoms with E-state index in [9.17, 15) is 0 Å². The van der Waals surface area contributed by atoms with Crippen molar-refractivity contribution in [1.29, 1.82) is 0 Å². The van der Waals surface area contributed by atoms with E-state index in [0.29, 0.717) is 12.5 Å². The van der Waals surface area contributed by atoms with Gasteiger partial charge < -0.3 is 10.1 Å². The molecule has 0 fully saturated rings. The number of rotatable bonds is 7. The van der Waals surface area contributed by atoms with Gasteiger partial charge in [0.1, 0.15) is 11.6 Å². The largest absolute Gasteiger partial charge is 0.384 e. The summed E-state index contributed by atoms with van der Waals surface area (Å²) in [6.07, 6.45) is 0.939. The fourth-order valence-corrected chi connectivity index (χ4v) is 2.34. The molecular weight excluding hydrogens is 306 g/mol. The first-order valence-corrected chi connectivity index (χ1v) is 7.57. The molecule has 4 nitrogen and oxygen atoms in total. The summed E-state index contributed by atoms with van der Waals surface area (Å²) in [6.45, 7) is 10.0. The predicted molar refractivity (Wildman–Crippen MR) is 82.7 cm³/mol. The number of hydrogen-bond donors (Lipinski definition) is 1.